The molecule has 3 aromatic carbocycles. The summed E-state index contributed by atoms with van der Waals surface area (Å²) in [6.45, 7) is 3.78. The molecule has 1 aromatic heterocycles. The average molecular weight is 457 g/mol. The Morgan fingerprint density at radius 1 is 0.941 bits per heavy atom. The van der Waals surface area contributed by atoms with Crippen LogP contribution in [-0.4, -0.2) is 22.0 Å². The molecule has 0 spiro atoms. The van der Waals surface area contributed by atoms with Crippen LogP contribution in [0.5, 0.6) is 5.75 Å². The van der Waals surface area contributed by atoms with Crippen molar-refractivity contribution in [2.75, 3.05) is 5.32 Å². The van der Waals surface area contributed by atoms with Gasteiger partial charge in [-0.2, -0.15) is 4.98 Å². The number of carbonyl (C=O) groups is 2. The molecular formula is C26H24N4O4. The van der Waals surface area contributed by atoms with Crippen molar-refractivity contribution in [1.82, 2.24) is 15.5 Å². The fourth-order valence-electron chi connectivity index (χ4n) is 3.29. The Hall–Kier alpha value is -4.46. The summed E-state index contributed by atoms with van der Waals surface area (Å²) < 4.78 is 10.5. The van der Waals surface area contributed by atoms with Gasteiger partial charge in [0.1, 0.15) is 5.75 Å². The number of amides is 2. The fraction of sp³-hybridized carbons (Fsp3) is 0.154. The zero-order valence-corrected chi connectivity index (χ0v) is 18.8. The minimum absolute atomic E-state index is 0.178. The molecule has 0 saturated heterocycles. The van der Waals surface area contributed by atoms with Crippen LogP contribution in [0.4, 0.5) is 5.69 Å². The van der Waals surface area contributed by atoms with E-state index in [1.807, 2.05) is 49.4 Å². The monoisotopic (exact) mass is 456 g/mol. The highest BCUT2D eigenvalue weighted by molar-refractivity contribution is 6.04. The van der Waals surface area contributed by atoms with Gasteiger partial charge in [0.05, 0.1) is 6.04 Å². The lowest BCUT2D eigenvalue weighted by Gasteiger charge is -2.16. The maximum atomic E-state index is 12.7. The van der Waals surface area contributed by atoms with Crippen LogP contribution in [0.1, 0.15) is 51.0 Å². The highest BCUT2D eigenvalue weighted by Crippen LogP contribution is 2.20. The molecule has 0 radical (unpaired) electrons. The molecule has 0 bridgehead atoms. The molecule has 4 aromatic rings. The highest BCUT2D eigenvalue weighted by atomic mass is 16.5. The number of hydrogen-bond donors (Lipinski definition) is 2. The van der Waals surface area contributed by atoms with Crippen LogP contribution in [0.15, 0.2) is 83.4 Å². The van der Waals surface area contributed by atoms with E-state index in [1.54, 1.807) is 43.3 Å². The number of carbonyl (C=O) groups excluding carboxylic acids is 2. The second kappa shape index (κ2) is 10.4. The van der Waals surface area contributed by atoms with Gasteiger partial charge in [-0.25, -0.2) is 0 Å². The predicted molar refractivity (Wildman–Crippen MR) is 127 cm³/mol. The van der Waals surface area contributed by atoms with Crippen molar-refractivity contribution in [2.24, 2.45) is 0 Å². The van der Waals surface area contributed by atoms with Gasteiger partial charge in [0.2, 0.25) is 11.7 Å². The van der Waals surface area contributed by atoms with Crippen LogP contribution >= 0.6 is 0 Å². The third-order valence-electron chi connectivity index (χ3n) is 5.08. The molecule has 1 unspecified atom stereocenters. The first-order valence-corrected chi connectivity index (χ1v) is 10.8. The molecule has 0 aliphatic carbocycles. The molecule has 2 N–H and O–H groups in total. The third kappa shape index (κ3) is 5.86. The van der Waals surface area contributed by atoms with Gasteiger partial charge in [-0.05, 0) is 61.0 Å². The minimum atomic E-state index is -0.265. The number of aromatic nitrogens is 2. The first-order valence-electron chi connectivity index (χ1n) is 10.8. The van der Waals surface area contributed by atoms with Gasteiger partial charge in [0, 0.05) is 23.7 Å². The first-order chi connectivity index (χ1) is 16.5. The van der Waals surface area contributed by atoms with Crippen molar-refractivity contribution in [1.29, 1.82) is 0 Å². The molecule has 172 valence electrons. The molecule has 2 amide bonds. The molecule has 1 atom stereocenters. The third-order valence-corrected chi connectivity index (χ3v) is 5.08. The van der Waals surface area contributed by atoms with Crippen LogP contribution in [0.2, 0.25) is 0 Å². The van der Waals surface area contributed by atoms with Crippen LogP contribution in [0.25, 0.3) is 0 Å². The van der Waals surface area contributed by atoms with Crippen molar-refractivity contribution in [3.8, 4) is 5.75 Å². The summed E-state index contributed by atoms with van der Waals surface area (Å²) in [6, 6.07) is 23.0. The topological polar surface area (TPSA) is 106 Å². The van der Waals surface area contributed by atoms with Gasteiger partial charge < -0.3 is 19.9 Å². The number of rotatable bonds is 8. The second-order valence-corrected chi connectivity index (χ2v) is 7.68. The van der Waals surface area contributed by atoms with Crippen molar-refractivity contribution < 1.29 is 18.8 Å². The van der Waals surface area contributed by atoms with Gasteiger partial charge in [-0.3, -0.25) is 9.59 Å². The van der Waals surface area contributed by atoms with Crippen molar-refractivity contribution in [2.45, 2.75) is 26.5 Å². The molecule has 0 fully saturated rings. The Morgan fingerprint density at radius 3 is 2.38 bits per heavy atom. The number of ether oxygens (including phenoxy) is 1. The summed E-state index contributed by atoms with van der Waals surface area (Å²) in [7, 11) is 0. The predicted octanol–water partition coefficient (Wildman–Crippen LogP) is 4.70. The van der Waals surface area contributed by atoms with Crippen LogP contribution in [-0.2, 0) is 6.61 Å². The van der Waals surface area contributed by atoms with Gasteiger partial charge in [-0.1, -0.05) is 35.5 Å². The molecule has 0 saturated carbocycles. The Kier molecular flexibility index (Phi) is 6.98. The Balaban J connectivity index is 1.34. The van der Waals surface area contributed by atoms with E-state index in [9.17, 15) is 9.59 Å². The zero-order chi connectivity index (χ0) is 23.9. The standard InChI is InChI=1S/C26H24N4O4/c1-17(21-9-6-10-22(15-21)29-26(32)19-7-4-3-5-8-19)27-25(31)20-11-13-23(14-12-20)33-16-24-28-18(2)34-30-24/h3-15,17H,16H2,1-2H3,(H,27,31)(H,29,32). The van der Waals surface area contributed by atoms with Gasteiger partial charge in [-0.15, -0.1) is 0 Å². The zero-order valence-electron chi connectivity index (χ0n) is 18.8. The highest BCUT2D eigenvalue weighted by Gasteiger charge is 2.13. The SMILES string of the molecule is Cc1nc(COc2ccc(C(=O)NC(C)c3cccc(NC(=O)c4ccccc4)c3)cc2)no1. The maximum absolute atomic E-state index is 12.7. The van der Waals surface area contributed by atoms with Crippen LogP contribution < -0.4 is 15.4 Å². The molecular weight excluding hydrogens is 432 g/mol. The lowest BCUT2D eigenvalue weighted by atomic mass is 10.1. The van der Waals surface area contributed by atoms with Gasteiger partial charge in [0.25, 0.3) is 11.8 Å². The summed E-state index contributed by atoms with van der Waals surface area (Å²) in [5.41, 5.74) is 2.61. The molecule has 34 heavy (non-hydrogen) atoms. The van der Waals surface area contributed by atoms with E-state index < -0.39 is 0 Å². The van der Waals surface area contributed by atoms with E-state index in [2.05, 4.69) is 20.8 Å². The lowest BCUT2D eigenvalue weighted by molar-refractivity contribution is 0.0939. The quantitative estimate of drug-likeness (QED) is 0.398. The number of benzene rings is 3. The summed E-state index contributed by atoms with van der Waals surface area (Å²) in [5.74, 6) is 1.12. The molecule has 4 rings (SSSR count). The lowest BCUT2D eigenvalue weighted by Crippen LogP contribution is -2.26. The largest absolute Gasteiger partial charge is 0.485 e. The van der Waals surface area contributed by atoms with Gasteiger partial charge >= 0.3 is 0 Å². The summed E-state index contributed by atoms with van der Waals surface area (Å²) >= 11 is 0. The summed E-state index contributed by atoms with van der Waals surface area (Å²) in [6.07, 6.45) is 0. The Labute approximate surface area is 197 Å². The van der Waals surface area contributed by atoms with Crippen LogP contribution in [0, 0.1) is 6.92 Å². The van der Waals surface area contributed by atoms with E-state index in [1.165, 1.54) is 0 Å². The van der Waals surface area contributed by atoms with E-state index in [0.717, 1.165) is 5.56 Å². The van der Waals surface area contributed by atoms with Gasteiger partial charge in [0.15, 0.2) is 6.61 Å². The van der Waals surface area contributed by atoms with E-state index in [-0.39, 0.29) is 24.5 Å². The average Bonchev–Trinajstić information content (AvgIpc) is 3.28. The maximum Gasteiger partial charge on any atom is 0.255 e. The molecule has 1 heterocycles. The minimum Gasteiger partial charge on any atom is -0.485 e. The Morgan fingerprint density at radius 2 is 1.68 bits per heavy atom. The first kappa shape index (κ1) is 22.7. The number of anilines is 1. The summed E-state index contributed by atoms with van der Waals surface area (Å²) in [4.78, 5) is 29.2. The Bertz CT molecular complexity index is 1270. The van der Waals surface area contributed by atoms with E-state index in [4.69, 9.17) is 9.26 Å². The fourth-order valence-corrected chi connectivity index (χ4v) is 3.29. The number of hydrogen-bond acceptors (Lipinski definition) is 6. The number of aryl methyl sites for hydroxylation is 1. The van der Waals surface area contributed by atoms with Crippen molar-refractivity contribution in [3.63, 3.8) is 0 Å². The van der Waals surface area contributed by atoms with Crippen molar-refractivity contribution in [3.05, 3.63) is 107 Å². The molecule has 0 aliphatic rings. The summed E-state index contributed by atoms with van der Waals surface area (Å²) in [5, 5.41) is 9.65. The van der Waals surface area contributed by atoms with E-state index >= 15 is 0 Å². The smallest absolute Gasteiger partial charge is 0.255 e. The normalized spacial score (nSPS) is 11.5. The molecule has 8 nitrogen and oxygen atoms in total. The number of nitrogens with zero attached hydrogens (tertiary/aromatic N) is 2. The molecule has 8 heteroatoms. The molecule has 0 aliphatic heterocycles. The number of nitrogens with one attached hydrogen (secondary N) is 2. The van der Waals surface area contributed by atoms with Crippen LogP contribution in [0.3, 0.4) is 0 Å². The van der Waals surface area contributed by atoms with Crippen molar-refractivity contribution >= 4 is 17.5 Å². The second-order valence-electron chi connectivity index (χ2n) is 7.68. The van der Waals surface area contributed by atoms with E-state index in [0.29, 0.717) is 34.3 Å².